The Balaban J connectivity index is 2.60. The zero-order chi connectivity index (χ0) is 13.4. The number of methoxy groups -OCH3 is 1. The van der Waals surface area contributed by atoms with E-state index in [0.717, 1.165) is 24.1 Å². The van der Waals surface area contributed by atoms with Crippen LogP contribution in [-0.4, -0.2) is 36.2 Å². The molecule has 0 bridgehead atoms. The van der Waals surface area contributed by atoms with Crippen LogP contribution in [0.25, 0.3) is 0 Å². The number of hydrogen-bond acceptors (Lipinski definition) is 4. The van der Waals surface area contributed by atoms with Gasteiger partial charge in [0.05, 0.1) is 20.3 Å². The molecular formula is C14H21NO3. The maximum absolute atomic E-state index is 11.3. The molecule has 18 heavy (non-hydrogen) atoms. The SMILES string of the molecule is CCCN(CC(=O)OC)Cc1ccc(CO)cc1. The highest BCUT2D eigenvalue weighted by Crippen LogP contribution is 2.08. The molecule has 0 fully saturated rings. The standard InChI is InChI=1S/C14H21NO3/c1-3-8-15(10-14(17)18-2)9-12-4-6-13(11-16)7-5-12/h4-7,16H,3,8-11H2,1-2H3. The van der Waals surface area contributed by atoms with Gasteiger partial charge in [-0.25, -0.2) is 0 Å². The van der Waals surface area contributed by atoms with Crippen LogP contribution in [0.2, 0.25) is 0 Å². The summed E-state index contributed by atoms with van der Waals surface area (Å²) >= 11 is 0. The van der Waals surface area contributed by atoms with Gasteiger partial charge < -0.3 is 9.84 Å². The Bertz CT molecular complexity index is 362. The molecular weight excluding hydrogens is 230 g/mol. The van der Waals surface area contributed by atoms with E-state index in [0.29, 0.717) is 13.1 Å². The summed E-state index contributed by atoms with van der Waals surface area (Å²) in [6.45, 7) is 4.03. The van der Waals surface area contributed by atoms with Gasteiger partial charge in [-0.1, -0.05) is 31.2 Å². The molecule has 0 atom stereocenters. The zero-order valence-corrected chi connectivity index (χ0v) is 11.1. The van der Waals surface area contributed by atoms with Crippen molar-refractivity contribution in [2.24, 2.45) is 0 Å². The summed E-state index contributed by atoms with van der Waals surface area (Å²) in [4.78, 5) is 13.3. The molecule has 1 rings (SSSR count). The second-order valence-corrected chi connectivity index (χ2v) is 4.26. The fourth-order valence-electron chi connectivity index (χ4n) is 1.79. The molecule has 0 radical (unpaired) electrons. The van der Waals surface area contributed by atoms with Gasteiger partial charge in [0.2, 0.25) is 0 Å². The third-order valence-electron chi connectivity index (χ3n) is 2.73. The fourth-order valence-corrected chi connectivity index (χ4v) is 1.79. The number of nitrogens with zero attached hydrogens (tertiary/aromatic N) is 1. The smallest absolute Gasteiger partial charge is 0.319 e. The van der Waals surface area contributed by atoms with E-state index >= 15 is 0 Å². The van der Waals surface area contributed by atoms with E-state index in [1.165, 1.54) is 7.11 Å². The van der Waals surface area contributed by atoms with E-state index in [4.69, 9.17) is 5.11 Å². The Kier molecular flexibility index (Phi) is 6.39. The van der Waals surface area contributed by atoms with Crippen molar-refractivity contribution in [1.82, 2.24) is 4.90 Å². The molecule has 0 spiro atoms. The molecule has 0 unspecified atom stereocenters. The highest BCUT2D eigenvalue weighted by molar-refractivity contribution is 5.71. The number of carbonyl (C=O) groups excluding carboxylic acids is 1. The minimum absolute atomic E-state index is 0.0567. The van der Waals surface area contributed by atoms with Crippen molar-refractivity contribution in [3.8, 4) is 0 Å². The van der Waals surface area contributed by atoms with E-state index < -0.39 is 0 Å². The zero-order valence-electron chi connectivity index (χ0n) is 11.1. The lowest BCUT2D eigenvalue weighted by Gasteiger charge is -2.20. The van der Waals surface area contributed by atoms with Crippen LogP contribution in [0.5, 0.6) is 0 Å². The average molecular weight is 251 g/mol. The normalized spacial score (nSPS) is 10.7. The van der Waals surface area contributed by atoms with Crippen LogP contribution >= 0.6 is 0 Å². The number of ether oxygens (including phenoxy) is 1. The second kappa shape index (κ2) is 7.84. The largest absolute Gasteiger partial charge is 0.468 e. The second-order valence-electron chi connectivity index (χ2n) is 4.26. The monoisotopic (exact) mass is 251 g/mol. The Morgan fingerprint density at radius 1 is 1.28 bits per heavy atom. The lowest BCUT2D eigenvalue weighted by Crippen LogP contribution is -2.30. The van der Waals surface area contributed by atoms with Crippen molar-refractivity contribution in [3.05, 3.63) is 35.4 Å². The molecule has 0 saturated carbocycles. The molecule has 0 aliphatic carbocycles. The number of aliphatic hydroxyl groups excluding tert-OH is 1. The van der Waals surface area contributed by atoms with Gasteiger partial charge in [-0.05, 0) is 24.1 Å². The molecule has 4 heteroatoms. The molecule has 100 valence electrons. The van der Waals surface area contributed by atoms with Crippen molar-refractivity contribution < 1.29 is 14.6 Å². The molecule has 4 nitrogen and oxygen atoms in total. The Morgan fingerprint density at radius 3 is 2.39 bits per heavy atom. The molecule has 0 amide bonds. The molecule has 0 aliphatic rings. The summed E-state index contributed by atoms with van der Waals surface area (Å²) in [7, 11) is 1.41. The Labute approximate surface area is 108 Å². The average Bonchev–Trinajstić information content (AvgIpc) is 2.39. The number of aliphatic hydroxyl groups is 1. The summed E-state index contributed by atoms with van der Waals surface area (Å²) in [5, 5.41) is 8.97. The van der Waals surface area contributed by atoms with Crippen LogP contribution in [0, 0.1) is 0 Å². The number of esters is 1. The van der Waals surface area contributed by atoms with E-state index in [1.54, 1.807) is 0 Å². The number of benzene rings is 1. The van der Waals surface area contributed by atoms with Gasteiger partial charge >= 0.3 is 5.97 Å². The summed E-state index contributed by atoms with van der Waals surface area (Å²) < 4.78 is 4.69. The molecule has 0 aliphatic heterocycles. The predicted molar refractivity (Wildman–Crippen MR) is 69.9 cm³/mol. The van der Waals surface area contributed by atoms with Crippen LogP contribution in [-0.2, 0) is 22.7 Å². The van der Waals surface area contributed by atoms with E-state index in [9.17, 15) is 4.79 Å². The molecule has 1 aromatic carbocycles. The fraction of sp³-hybridized carbons (Fsp3) is 0.500. The van der Waals surface area contributed by atoms with Crippen molar-refractivity contribution >= 4 is 5.97 Å². The number of carbonyl (C=O) groups is 1. The summed E-state index contributed by atoms with van der Waals surface area (Å²) in [6.07, 6.45) is 0.992. The van der Waals surface area contributed by atoms with Gasteiger partial charge in [-0.2, -0.15) is 0 Å². The van der Waals surface area contributed by atoms with E-state index in [2.05, 4.69) is 16.6 Å². The topological polar surface area (TPSA) is 49.8 Å². The Morgan fingerprint density at radius 2 is 1.89 bits per heavy atom. The summed E-state index contributed by atoms with van der Waals surface area (Å²) in [6, 6.07) is 7.76. The number of rotatable bonds is 7. The third-order valence-corrected chi connectivity index (χ3v) is 2.73. The van der Waals surface area contributed by atoms with Crippen LogP contribution in [0.4, 0.5) is 0 Å². The molecule has 1 aromatic rings. The minimum Gasteiger partial charge on any atom is -0.468 e. The van der Waals surface area contributed by atoms with E-state index in [-0.39, 0.29) is 12.6 Å². The summed E-state index contributed by atoms with van der Waals surface area (Å²) in [5.41, 5.74) is 2.03. The lowest BCUT2D eigenvalue weighted by atomic mass is 10.1. The first-order chi connectivity index (χ1) is 8.69. The summed E-state index contributed by atoms with van der Waals surface area (Å²) in [5.74, 6) is -0.213. The predicted octanol–water partition coefficient (Wildman–Crippen LogP) is 1.56. The minimum atomic E-state index is -0.213. The first-order valence-corrected chi connectivity index (χ1v) is 6.17. The first-order valence-electron chi connectivity index (χ1n) is 6.17. The van der Waals surface area contributed by atoms with Crippen molar-refractivity contribution in [3.63, 3.8) is 0 Å². The van der Waals surface area contributed by atoms with Crippen LogP contribution in [0.15, 0.2) is 24.3 Å². The quantitative estimate of drug-likeness (QED) is 0.747. The van der Waals surface area contributed by atoms with Crippen molar-refractivity contribution in [2.75, 3.05) is 20.2 Å². The van der Waals surface area contributed by atoms with Gasteiger partial charge in [-0.3, -0.25) is 9.69 Å². The van der Waals surface area contributed by atoms with Gasteiger partial charge in [-0.15, -0.1) is 0 Å². The third kappa shape index (κ3) is 4.85. The number of hydrogen-bond donors (Lipinski definition) is 1. The highest BCUT2D eigenvalue weighted by atomic mass is 16.5. The molecule has 0 saturated heterocycles. The van der Waals surface area contributed by atoms with Crippen molar-refractivity contribution in [1.29, 1.82) is 0 Å². The highest BCUT2D eigenvalue weighted by Gasteiger charge is 2.10. The van der Waals surface area contributed by atoms with Crippen LogP contribution < -0.4 is 0 Å². The molecule has 0 heterocycles. The molecule has 1 N–H and O–H groups in total. The maximum atomic E-state index is 11.3. The van der Waals surface area contributed by atoms with Crippen molar-refractivity contribution in [2.45, 2.75) is 26.5 Å². The first kappa shape index (κ1) is 14.7. The lowest BCUT2D eigenvalue weighted by molar-refractivity contribution is -0.142. The van der Waals surface area contributed by atoms with Crippen LogP contribution in [0.3, 0.4) is 0 Å². The Hall–Kier alpha value is -1.39. The van der Waals surface area contributed by atoms with Gasteiger partial charge in [0.15, 0.2) is 0 Å². The van der Waals surface area contributed by atoms with Gasteiger partial charge in [0.25, 0.3) is 0 Å². The van der Waals surface area contributed by atoms with E-state index in [1.807, 2.05) is 24.3 Å². The van der Waals surface area contributed by atoms with Gasteiger partial charge in [0, 0.05) is 6.54 Å². The van der Waals surface area contributed by atoms with Crippen LogP contribution in [0.1, 0.15) is 24.5 Å². The maximum Gasteiger partial charge on any atom is 0.319 e. The van der Waals surface area contributed by atoms with Gasteiger partial charge in [0.1, 0.15) is 0 Å². The molecule has 0 aromatic heterocycles.